The molecule has 0 N–H and O–H groups in total. The molecule has 33 heavy (non-hydrogen) atoms. The van der Waals surface area contributed by atoms with Crippen molar-refractivity contribution in [3.8, 4) is 17.3 Å². The molecule has 1 saturated carbocycles. The summed E-state index contributed by atoms with van der Waals surface area (Å²) in [4.78, 5) is 23.4. The van der Waals surface area contributed by atoms with Gasteiger partial charge in [-0.05, 0) is 36.6 Å². The summed E-state index contributed by atoms with van der Waals surface area (Å²) in [6, 6.07) is 6.61. The molecule has 2 atom stereocenters. The van der Waals surface area contributed by atoms with E-state index in [-0.39, 0.29) is 18.2 Å². The number of ether oxygens (including phenoxy) is 2. The van der Waals surface area contributed by atoms with Crippen LogP contribution in [-0.4, -0.2) is 48.5 Å². The molecule has 3 aliphatic rings. The second kappa shape index (κ2) is 7.31. The van der Waals surface area contributed by atoms with Gasteiger partial charge < -0.3 is 14.4 Å². The number of hydrogen-bond acceptors (Lipinski definition) is 6. The number of hydrogen-bond donors (Lipinski definition) is 0. The Morgan fingerprint density at radius 1 is 1.12 bits per heavy atom. The van der Waals surface area contributed by atoms with Crippen molar-refractivity contribution in [3.63, 3.8) is 0 Å². The van der Waals surface area contributed by atoms with Crippen LogP contribution in [0.2, 0.25) is 0 Å². The summed E-state index contributed by atoms with van der Waals surface area (Å²) < 4.78 is 41.4. The van der Waals surface area contributed by atoms with E-state index in [1.807, 2.05) is 13.1 Å². The highest BCUT2D eigenvalue weighted by Gasteiger charge is 2.63. The first kappa shape index (κ1) is 20.2. The maximum absolute atomic E-state index is 13.7. The van der Waals surface area contributed by atoms with Crippen molar-refractivity contribution in [3.05, 3.63) is 60.1 Å². The lowest BCUT2D eigenvalue weighted by atomic mass is 9.76. The standard InChI is InChI=1S/C23H21F2N5O3/c1-29-19(4-5-28-29)17-9-20(27-12-26-17)32-16-10-23(11-16)22(31)30-18(2-3-21(30)33-23)13-6-14(24)8-15(25)7-13/h4-9,12,16,18,21H,2-3,10-11H2,1H3/t16?,18-,21+,23?/m0/s1. The Morgan fingerprint density at radius 2 is 1.91 bits per heavy atom. The van der Waals surface area contributed by atoms with Gasteiger partial charge in [0.2, 0.25) is 5.88 Å². The van der Waals surface area contributed by atoms with Crippen LogP contribution in [0, 0.1) is 11.6 Å². The zero-order valence-corrected chi connectivity index (χ0v) is 17.8. The molecule has 4 heterocycles. The molecule has 8 nitrogen and oxygen atoms in total. The normalized spacial score (nSPS) is 28.3. The van der Waals surface area contributed by atoms with Crippen molar-refractivity contribution in [1.82, 2.24) is 24.6 Å². The van der Waals surface area contributed by atoms with Crippen molar-refractivity contribution < 1.29 is 23.0 Å². The minimum absolute atomic E-state index is 0.141. The lowest BCUT2D eigenvalue weighted by Gasteiger charge is -2.42. The van der Waals surface area contributed by atoms with Gasteiger partial charge in [0, 0.05) is 38.2 Å². The molecule has 3 aromatic rings. The summed E-state index contributed by atoms with van der Waals surface area (Å²) in [5, 5.41) is 4.15. The van der Waals surface area contributed by atoms with Gasteiger partial charge in [0.05, 0.1) is 17.4 Å². The van der Waals surface area contributed by atoms with Gasteiger partial charge in [0.25, 0.3) is 5.91 Å². The Kier molecular flexibility index (Phi) is 4.48. The summed E-state index contributed by atoms with van der Waals surface area (Å²) in [6.07, 6.45) is 4.53. The third-order valence-electron chi connectivity index (χ3n) is 6.72. The van der Waals surface area contributed by atoms with Crippen LogP contribution >= 0.6 is 0 Å². The lowest BCUT2D eigenvalue weighted by molar-refractivity contribution is -0.162. The predicted octanol–water partition coefficient (Wildman–Crippen LogP) is 3.16. The van der Waals surface area contributed by atoms with Crippen LogP contribution in [0.4, 0.5) is 8.78 Å². The van der Waals surface area contributed by atoms with Gasteiger partial charge in [0.15, 0.2) is 5.60 Å². The van der Waals surface area contributed by atoms with E-state index in [0.29, 0.717) is 42.8 Å². The zero-order chi connectivity index (χ0) is 22.7. The number of carbonyl (C=O) groups is 1. The molecule has 0 radical (unpaired) electrons. The fourth-order valence-corrected chi connectivity index (χ4v) is 5.18. The first-order valence-electron chi connectivity index (χ1n) is 10.9. The van der Waals surface area contributed by atoms with Gasteiger partial charge in [-0.15, -0.1) is 0 Å². The summed E-state index contributed by atoms with van der Waals surface area (Å²) in [5.41, 5.74) is 1.03. The van der Waals surface area contributed by atoms with E-state index in [4.69, 9.17) is 9.47 Å². The molecule has 10 heteroatoms. The molecule has 6 rings (SSSR count). The van der Waals surface area contributed by atoms with E-state index in [0.717, 1.165) is 11.8 Å². The van der Waals surface area contributed by atoms with E-state index in [9.17, 15) is 13.6 Å². The van der Waals surface area contributed by atoms with Crippen molar-refractivity contribution in [2.24, 2.45) is 7.05 Å². The molecular formula is C23H21F2N5O3. The summed E-state index contributed by atoms with van der Waals surface area (Å²) in [7, 11) is 1.83. The fourth-order valence-electron chi connectivity index (χ4n) is 5.18. The predicted molar refractivity (Wildman–Crippen MR) is 111 cm³/mol. The first-order valence-corrected chi connectivity index (χ1v) is 10.9. The largest absolute Gasteiger partial charge is 0.474 e. The van der Waals surface area contributed by atoms with E-state index in [1.165, 1.54) is 18.5 Å². The van der Waals surface area contributed by atoms with Gasteiger partial charge in [-0.3, -0.25) is 9.48 Å². The maximum atomic E-state index is 13.7. The van der Waals surface area contributed by atoms with Crippen molar-refractivity contribution >= 4 is 5.91 Å². The van der Waals surface area contributed by atoms with Gasteiger partial charge in [-0.2, -0.15) is 5.10 Å². The third-order valence-corrected chi connectivity index (χ3v) is 6.72. The van der Waals surface area contributed by atoms with Gasteiger partial charge in [-0.1, -0.05) is 0 Å². The summed E-state index contributed by atoms with van der Waals surface area (Å²) >= 11 is 0. The zero-order valence-electron chi connectivity index (χ0n) is 17.8. The van der Waals surface area contributed by atoms with Crippen molar-refractivity contribution in [2.45, 2.75) is 49.7 Å². The molecule has 0 unspecified atom stereocenters. The highest BCUT2D eigenvalue weighted by atomic mass is 19.1. The quantitative estimate of drug-likeness (QED) is 0.604. The lowest BCUT2D eigenvalue weighted by Crippen LogP contribution is -2.56. The molecule has 1 aliphatic carbocycles. The molecule has 1 spiro atoms. The minimum atomic E-state index is -0.947. The Hall–Kier alpha value is -3.40. The number of rotatable bonds is 4. The number of amides is 1. The molecule has 2 aliphatic heterocycles. The smallest absolute Gasteiger partial charge is 0.257 e. The summed E-state index contributed by atoms with van der Waals surface area (Å²) in [6.45, 7) is 0. The molecular weight excluding hydrogens is 432 g/mol. The van der Waals surface area contributed by atoms with Crippen LogP contribution in [0.1, 0.15) is 37.3 Å². The van der Waals surface area contributed by atoms with Crippen LogP contribution in [0.15, 0.2) is 42.9 Å². The fraction of sp³-hybridized carbons (Fsp3) is 0.391. The number of aromatic nitrogens is 4. The van der Waals surface area contributed by atoms with Gasteiger partial charge >= 0.3 is 0 Å². The monoisotopic (exact) mass is 453 g/mol. The van der Waals surface area contributed by atoms with Gasteiger partial charge in [-0.25, -0.2) is 18.7 Å². The van der Waals surface area contributed by atoms with Crippen molar-refractivity contribution in [1.29, 1.82) is 0 Å². The van der Waals surface area contributed by atoms with Crippen LogP contribution in [0.5, 0.6) is 5.88 Å². The molecule has 0 bridgehead atoms. The average molecular weight is 453 g/mol. The van der Waals surface area contributed by atoms with Gasteiger partial charge in [0.1, 0.15) is 30.3 Å². The average Bonchev–Trinajstić information content (AvgIpc) is 3.43. The Balaban J connectivity index is 1.15. The molecule has 2 aromatic heterocycles. The Morgan fingerprint density at radius 3 is 2.64 bits per heavy atom. The second-order valence-electron chi connectivity index (χ2n) is 8.80. The van der Waals surface area contributed by atoms with E-state index in [2.05, 4.69) is 15.1 Å². The van der Waals surface area contributed by atoms with Crippen LogP contribution in [0.3, 0.4) is 0 Å². The number of halogens is 2. The van der Waals surface area contributed by atoms with Crippen molar-refractivity contribution in [2.75, 3.05) is 0 Å². The van der Waals surface area contributed by atoms with Crippen LogP contribution in [-0.2, 0) is 16.6 Å². The van der Waals surface area contributed by atoms with E-state index < -0.39 is 23.3 Å². The Labute approximate surface area is 188 Å². The molecule has 1 amide bonds. The molecule has 170 valence electrons. The maximum Gasteiger partial charge on any atom is 0.257 e. The second-order valence-corrected chi connectivity index (χ2v) is 8.80. The number of aryl methyl sites for hydroxylation is 1. The summed E-state index contributed by atoms with van der Waals surface area (Å²) in [5.74, 6) is -1.02. The van der Waals surface area contributed by atoms with Crippen LogP contribution in [0.25, 0.3) is 11.4 Å². The number of benzene rings is 1. The highest BCUT2D eigenvalue weighted by Crippen LogP contribution is 2.52. The number of fused-ring (bicyclic) bond motifs is 1. The topological polar surface area (TPSA) is 82.4 Å². The highest BCUT2D eigenvalue weighted by molar-refractivity contribution is 5.89. The van der Waals surface area contributed by atoms with E-state index >= 15 is 0 Å². The first-order chi connectivity index (χ1) is 15.9. The van der Waals surface area contributed by atoms with Crippen LogP contribution < -0.4 is 4.74 Å². The third kappa shape index (κ3) is 3.28. The minimum Gasteiger partial charge on any atom is -0.474 e. The number of nitrogens with zero attached hydrogens (tertiary/aromatic N) is 5. The molecule has 2 saturated heterocycles. The number of carbonyl (C=O) groups excluding carboxylic acids is 1. The van der Waals surface area contributed by atoms with E-state index in [1.54, 1.807) is 21.8 Å². The SMILES string of the molecule is Cn1nccc1-c1cc(OC2CC3(C2)O[C@@H]2CC[C@@H](c4cc(F)cc(F)c4)N2C3=O)ncn1. The molecule has 1 aromatic carbocycles. The molecule has 3 fully saturated rings. The Bertz CT molecular complexity index is 1220.